The van der Waals surface area contributed by atoms with E-state index in [4.69, 9.17) is 0 Å². The van der Waals surface area contributed by atoms with Gasteiger partial charge in [0.2, 0.25) is 0 Å². The number of benzene rings is 1. The summed E-state index contributed by atoms with van der Waals surface area (Å²) in [4.78, 5) is 2.14. The molecular formula is C12H15FN2. The van der Waals surface area contributed by atoms with Crippen LogP contribution in [-0.4, -0.2) is 26.2 Å². The quantitative estimate of drug-likeness (QED) is 0.751. The first-order valence-corrected chi connectivity index (χ1v) is 5.49. The maximum Gasteiger partial charge on any atom is 0.146 e. The van der Waals surface area contributed by atoms with Crippen LogP contribution in [0.3, 0.4) is 0 Å². The van der Waals surface area contributed by atoms with Crippen LogP contribution in [0.25, 0.3) is 0 Å². The second-order valence-electron chi connectivity index (χ2n) is 4.73. The summed E-state index contributed by atoms with van der Waals surface area (Å²) in [5, 5.41) is 3.38. The average Bonchev–Trinajstić information content (AvgIpc) is 2.65. The van der Waals surface area contributed by atoms with Gasteiger partial charge in [0.15, 0.2) is 0 Å². The Morgan fingerprint density at radius 2 is 2.07 bits per heavy atom. The molecule has 2 aliphatic rings. The number of anilines is 1. The van der Waals surface area contributed by atoms with Gasteiger partial charge in [-0.25, -0.2) is 4.39 Å². The maximum absolute atomic E-state index is 13.5. The van der Waals surface area contributed by atoms with E-state index in [1.165, 1.54) is 12.5 Å². The number of nitrogens with zero attached hydrogens (tertiary/aromatic N) is 1. The Kier molecular flexibility index (Phi) is 1.96. The molecule has 15 heavy (non-hydrogen) atoms. The fourth-order valence-electron chi connectivity index (χ4n) is 2.71. The van der Waals surface area contributed by atoms with Gasteiger partial charge in [0, 0.05) is 25.0 Å². The third kappa shape index (κ3) is 1.42. The molecule has 0 unspecified atom stereocenters. The molecule has 1 spiro atoms. The van der Waals surface area contributed by atoms with Crippen molar-refractivity contribution in [3.05, 3.63) is 30.1 Å². The second-order valence-corrected chi connectivity index (χ2v) is 4.73. The fourth-order valence-corrected chi connectivity index (χ4v) is 2.71. The van der Waals surface area contributed by atoms with Gasteiger partial charge in [-0.3, -0.25) is 0 Å². The lowest BCUT2D eigenvalue weighted by Crippen LogP contribution is -2.57. The van der Waals surface area contributed by atoms with E-state index in [9.17, 15) is 4.39 Å². The van der Waals surface area contributed by atoms with Crippen LogP contribution in [0.15, 0.2) is 24.3 Å². The van der Waals surface area contributed by atoms with Crippen molar-refractivity contribution in [1.29, 1.82) is 0 Å². The number of para-hydroxylation sites is 1. The molecule has 0 atom stereocenters. The molecule has 3 rings (SSSR count). The summed E-state index contributed by atoms with van der Waals surface area (Å²) in [5.41, 5.74) is 1.19. The first-order valence-electron chi connectivity index (χ1n) is 5.49. The highest BCUT2D eigenvalue weighted by molar-refractivity contribution is 5.51. The van der Waals surface area contributed by atoms with Gasteiger partial charge < -0.3 is 10.2 Å². The number of nitrogens with one attached hydrogen (secondary N) is 1. The van der Waals surface area contributed by atoms with Gasteiger partial charge in [-0.15, -0.1) is 0 Å². The zero-order valence-electron chi connectivity index (χ0n) is 8.67. The van der Waals surface area contributed by atoms with E-state index in [1.54, 1.807) is 6.07 Å². The van der Waals surface area contributed by atoms with E-state index in [-0.39, 0.29) is 5.82 Å². The van der Waals surface area contributed by atoms with Gasteiger partial charge in [-0.2, -0.15) is 0 Å². The van der Waals surface area contributed by atoms with Crippen molar-refractivity contribution in [3.8, 4) is 0 Å². The third-order valence-electron chi connectivity index (χ3n) is 3.58. The van der Waals surface area contributed by atoms with Crippen molar-refractivity contribution >= 4 is 5.69 Å². The molecule has 0 saturated carbocycles. The highest BCUT2D eigenvalue weighted by Crippen LogP contribution is 2.39. The van der Waals surface area contributed by atoms with E-state index >= 15 is 0 Å². The van der Waals surface area contributed by atoms with Gasteiger partial charge >= 0.3 is 0 Å². The number of hydrogen-bond donors (Lipinski definition) is 1. The predicted octanol–water partition coefficient (Wildman–Crippen LogP) is 1.63. The van der Waals surface area contributed by atoms with Crippen LogP contribution < -0.4 is 10.2 Å². The topological polar surface area (TPSA) is 15.3 Å². The number of rotatable bonds is 1. The van der Waals surface area contributed by atoms with Crippen LogP contribution in [-0.2, 0) is 0 Å². The summed E-state index contributed by atoms with van der Waals surface area (Å²) >= 11 is 0. The largest absolute Gasteiger partial charge is 0.368 e. The second kappa shape index (κ2) is 3.20. The monoisotopic (exact) mass is 206 g/mol. The molecular weight excluding hydrogens is 191 g/mol. The Morgan fingerprint density at radius 1 is 1.27 bits per heavy atom. The van der Waals surface area contributed by atoms with Crippen LogP contribution >= 0.6 is 0 Å². The first-order chi connectivity index (χ1) is 7.29. The van der Waals surface area contributed by atoms with E-state index in [0.29, 0.717) is 5.41 Å². The molecule has 1 aromatic carbocycles. The number of halogens is 1. The van der Waals surface area contributed by atoms with Gasteiger partial charge in [0.05, 0.1) is 5.69 Å². The SMILES string of the molecule is Fc1ccccc1N1CC2(CCNC2)C1. The van der Waals surface area contributed by atoms with Crippen LogP contribution in [0, 0.1) is 11.2 Å². The smallest absolute Gasteiger partial charge is 0.146 e. The molecule has 0 aliphatic carbocycles. The maximum atomic E-state index is 13.5. The summed E-state index contributed by atoms with van der Waals surface area (Å²) in [6.07, 6.45) is 1.23. The summed E-state index contributed by atoms with van der Waals surface area (Å²) in [6.45, 7) is 4.21. The summed E-state index contributed by atoms with van der Waals surface area (Å²) in [6, 6.07) is 7.04. The lowest BCUT2D eigenvalue weighted by atomic mass is 9.79. The Hall–Kier alpha value is -1.09. The molecule has 1 aromatic rings. The lowest BCUT2D eigenvalue weighted by Gasteiger charge is -2.49. The molecule has 0 aromatic heterocycles. The summed E-state index contributed by atoms with van der Waals surface area (Å²) in [7, 11) is 0. The van der Waals surface area contributed by atoms with E-state index < -0.39 is 0 Å². The molecule has 3 heteroatoms. The van der Waals surface area contributed by atoms with Crippen LogP contribution in [0.4, 0.5) is 10.1 Å². The predicted molar refractivity (Wildman–Crippen MR) is 58.5 cm³/mol. The molecule has 0 bridgehead atoms. The molecule has 2 saturated heterocycles. The minimum absolute atomic E-state index is 0.0988. The number of hydrogen-bond acceptors (Lipinski definition) is 2. The molecule has 2 heterocycles. The molecule has 1 N–H and O–H groups in total. The highest BCUT2D eigenvalue weighted by Gasteiger charge is 2.45. The Bertz CT molecular complexity index is 364. The van der Waals surface area contributed by atoms with Gasteiger partial charge in [0.25, 0.3) is 0 Å². The normalized spacial score (nSPS) is 23.1. The molecule has 2 aliphatic heterocycles. The third-order valence-corrected chi connectivity index (χ3v) is 3.58. The van der Waals surface area contributed by atoms with Gasteiger partial charge in [0.1, 0.15) is 5.82 Å². The minimum atomic E-state index is -0.0988. The zero-order chi connectivity index (χ0) is 10.3. The highest BCUT2D eigenvalue weighted by atomic mass is 19.1. The molecule has 0 amide bonds. The Labute approximate surface area is 89.1 Å². The Morgan fingerprint density at radius 3 is 2.73 bits per heavy atom. The van der Waals surface area contributed by atoms with Crippen molar-refractivity contribution in [3.63, 3.8) is 0 Å². The first kappa shape index (κ1) is 9.16. The van der Waals surface area contributed by atoms with E-state index in [1.807, 2.05) is 12.1 Å². The van der Waals surface area contributed by atoms with Gasteiger partial charge in [-0.05, 0) is 25.1 Å². The van der Waals surface area contributed by atoms with Crippen molar-refractivity contribution in [2.45, 2.75) is 6.42 Å². The van der Waals surface area contributed by atoms with E-state index in [2.05, 4.69) is 10.2 Å². The Balaban J connectivity index is 1.75. The molecule has 0 radical (unpaired) electrons. The van der Waals surface area contributed by atoms with Gasteiger partial charge in [-0.1, -0.05) is 12.1 Å². The van der Waals surface area contributed by atoms with Crippen LogP contribution in [0.5, 0.6) is 0 Å². The summed E-state index contributed by atoms with van der Waals surface area (Å²) < 4.78 is 13.5. The zero-order valence-corrected chi connectivity index (χ0v) is 8.67. The molecule has 2 fully saturated rings. The van der Waals surface area contributed by atoms with E-state index in [0.717, 1.165) is 31.9 Å². The van der Waals surface area contributed by atoms with Crippen molar-refractivity contribution in [1.82, 2.24) is 5.32 Å². The van der Waals surface area contributed by atoms with Crippen molar-refractivity contribution in [2.75, 3.05) is 31.1 Å². The standard InChI is InChI=1S/C12H15FN2/c13-10-3-1-2-4-11(10)15-8-12(9-15)5-6-14-7-12/h1-4,14H,5-9H2. The molecule has 2 nitrogen and oxygen atoms in total. The van der Waals surface area contributed by atoms with Crippen molar-refractivity contribution in [2.24, 2.45) is 5.41 Å². The lowest BCUT2D eigenvalue weighted by molar-refractivity contribution is 0.241. The average molecular weight is 206 g/mol. The van der Waals surface area contributed by atoms with Crippen molar-refractivity contribution < 1.29 is 4.39 Å². The van der Waals surface area contributed by atoms with Crippen LogP contribution in [0.2, 0.25) is 0 Å². The minimum Gasteiger partial charge on any atom is -0.368 e. The molecule has 80 valence electrons. The fraction of sp³-hybridized carbons (Fsp3) is 0.500. The van der Waals surface area contributed by atoms with Crippen LogP contribution in [0.1, 0.15) is 6.42 Å². The summed E-state index contributed by atoms with van der Waals surface area (Å²) in [5.74, 6) is -0.0988.